The van der Waals surface area contributed by atoms with Crippen LogP contribution in [-0.2, 0) is 27.4 Å². The second-order valence-electron chi connectivity index (χ2n) is 6.75. The zero-order valence-electron chi connectivity index (χ0n) is 17.5. The van der Waals surface area contributed by atoms with Crippen LogP contribution < -0.4 is 11.0 Å². The van der Waals surface area contributed by atoms with Crippen molar-refractivity contribution in [1.29, 1.82) is 0 Å². The van der Waals surface area contributed by atoms with Gasteiger partial charge < -0.3 is 14.8 Å². The molecule has 0 spiro atoms. The monoisotopic (exact) mass is 425 g/mol. The second kappa shape index (κ2) is 9.29. The van der Waals surface area contributed by atoms with E-state index < -0.39 is 11.9 Å². The molecule has 0 unspecified atom stereocenters. The number of rotatable bonds is 7. The fourth-order valence-corrected chi connectivity index (χ4v) is 3.40. The van der Waals surface area contributed by atoms with Crippen molar-refractivity contribution in [3.05, 3.63) is 64.1 Å². The topological polar surface area (TPSA) is 109 Å². The van der Waals surface area contributed by atoms with Crippen LogP contribution in [0.4, 0.5) is 5.69 Å². The summed E-state index contributed by atoms with van der Waals surface area (Å²) in [5.74, 6) is -1.68. The Morgan fingerprint density at radius 2 is 1.45 bits per heavy atom. The molecule has 162 valence electrons. The summed E-state index contributed by atoms with van der Waals surface area (Å²) < 4.78 is 12.6. The number of anilines is 1. The molecule has 0 aliphatic rings. The summed E-state index contributed by atoms with van der Waals surface area (Å²) in [5, 5.41) is 2.66. The van der Waals surface area contributed by atoms with E-state index in [-0.39, 0.29) is 41.4 Å². The van der Waals surface area contributed by atoms with Crippen molar-refractivity contribution in [3.8, 4) is 0 Å². The van der Waals surface area contributed by atoms with Gasteiger partial charge in [-0.1, -0.05) is 12.1 Å². The number of aryl methyl sites for hydroxylation is 2. The number of ether oxygens (including phenoxy) is 2. The van der Waals surface area contributed by atoms with E-state index in [1.807, 2.05) is 31.2 Å². The first kappa shape index (κ1) is 21.8. The van der Waals surface area contributed by atoms with Gasteiger partial charge in [-0.3, -0.25) is 13.9 Å². The van der Waals surface area contributed by atoms with Crippen LogP contribution in [0.5, 0.6) is 0 Å². The first-order valence-corrected chi connectivity index (χ1v) is 9.69. The Balaban J connectivity index is 1.81. The minimum Gasteiger partial charge on any atom is -0.465 e. The molecule has 9 nitrogen and oxygen atoms in total. The van der Waals surface area contributed by atoms with Gasteiger partial charge in [0.15, 0.2) is 0 Å². The van der Waals surface area contributed by atoms with E-state index in [0.717, 1.165) is 11.0 Å². The smallest absolute Gasteiger partial charge is 0.337 e. The minimum absolute atomic E-state index is 0.0215. The van der Waals surface area contributed by atoms with Gasteiger partial charge in [0.05, 0.1) is 36.4 Å². The Hall–Kier alpha value is -3.88. The Morgan fingerprint density at radius 3 is 1.97 bits per heavy atom. The average molecular weight is 425 g/mol. The lowest BCUT2D eigenvalue weighted by Gasteiger charge is -2.10. The molecule has 3 rings (SSSR count). The Bertz CT molecular complexity index is 1170. The van der Waals surface area contributed by atoms with Crippen LogP contribution in [0.1, 0.15) is 34.1 Å². The van der Waals surface area contributed by atoms with Gasteiger partial charge in [-0.15, -0.1) is 0 Å². The van der Waals surface area contributed by atoms with Crippen LogP contribution >= 0.6 is 0 Å². The van der Waals surface area contributed by atoms with Gasteiger partial charge >= 0.3 is 17.6 Å². The number of amides is 1. The van der Waals surface area contributed by atoms with Crippen molar-refractivity contribution in [2.45, 2.75) is 26.4 Å². The third-order valence-corrected chi connectivity index (χ3v) is 4.86. The largest absolute Gasteiger partial charge is 0.465 e. The van der Waals surface area contributed by atoms with E-state index in [9.17, 15) is 19.2 Å². The maximum atomic E-state index is 12.7. The molecule has 3 aromatic rings. The summed E-state index contributed by atoms with van der Waals surface area (Å²) in [7, 11) is 2.44. The number of benzene rings is 2. The van der Waals surface area contributed by atoms with Crippen molar-refractivity contribution >= 4 is 34.6 Å². The van der Waals surface area contributed by atoms with Crippen molar-refractivity contribution < 1.29 is 23.9 Å². The number of carbonyl (C=O) groups excluding carboxylic acids is 3. The number of imidazole rings is 1. The number of fused-ring (bicyclic) bond motifs is 1. The lowest BCUT2D eigenvalue weighted by molar-refractivity contribution is -0.116. The van der Waals surface area contributed by atoms with E-state index in [1.165, 1.54) is 32.4 Å². The molecule has 31 heavy (non-hydrogen) atoms. The number of hydrogen-bond donors (Lipinski definition) is 1. The Kier molecular flexibility index (Phi) is 6.54. The lowest BCUT2D eigenvalue weighted by Crippen LogP contribution is -2.25. The second-order valence-corrected chi connectivity index (χ2v) is 6.75. The zero-order chi connectivity index (χ0) is 22.5. The van der Waals surface area contributed by atoms with Crippen LogP contribution in [0.2, 0.25) is 0 Å². The molecule has 0 fully saturated rings. The van der Waals surface area contributed by atoms with Crippen LogP contribution in [0, 0.1) is 0 Å². The zero-order valence-corrected chi connectivity index (χ0v) is 17.5. The van der Waals surface area contributed by atoms with Crippen LogP contribution in [-0.4, -0.2) is 41.2 Å². The molecule has 0 saturated carbocycles. The molecule has 9 heteroatoms. The predicted octanol–water partition coefficient (Wildman–Crippen LogP) is 2.42. The van der Waals surface area contributed by atoms with Gasteiger partial charge in [0.2, 0.25) is 5.91 Å². The molecule has 0 aliphatic carbocycles. The Labute approximate surface area is 178 Å². The molecule has 2 aromatic carbocycles. The van der Waals surface area contributed by atoms with Crippen molar-refractivity contribution in [2.24, 2.45) is 0 Å². The number of methoxy groups -OCH3 is 2. The maximum absolute atomic E-state index is 12.7. The third-order valence-electron chi connectivity index (χ3n) is 4.86. The van der Waals surface area contributed by atoms with E-state index in [1.54, 1.807) is 9.13 Å². The standard InChI is InChI=1S/C22H23N3O6/c1-4-24-17-7-5-6-8-18(17)25(22(24)29)10-9-19(26)23-16-12-14(20(27)30-2)11-15(13-16)21(28)31-3/h5-8,11-13H,4,9-10H2,1-3H3,(H,23,26). The fraction of sp³-hybridized carbons (Fsp3) is 0.273. The Morgan fingerprint density at radius 1 is 0.903 bits per heavy atom. The van der Waals surface area contributed by atoms with Crippen LogP contribution in [0.15, 0.2) is 47.3 Å². The van der Waals surface area contributed by atoms with Gasteiger partial charge in [0, 0.05) is 25.2 Å². The van der Waals surface area contributed by atoms with Gasteiger partial charge in [-0.25, -0.2) is 14.4 Å². The van der Waals surface area contributed by atoms with Crippen molar-refractivity contribution in [2.75, 3.05) is 19.5 Å². The molecular weight excluding hydrogens is 402 g/mol. The lowest BCUT2D eigenvalue weighted by atomic mass is 10.1. The quantitative estimate of drug-likeness (QED) is 0.583. The highest BCUT2D eigenvalue weighted by Crippen LogP contribution is 2.18. The number of para-hydroxylation sites is 2. The minimum atomic E-state index is -0.653. The van der Waals surface area contributed by atoms with E-state index in [0.29, 0.717) is 6.54 Å². The molecule has 1 aromatic heterocycles. The molecule has 0 atom stereocenters. The van der Waals surface area contributed by atoms with Gasteiger partial charge in [-0.2, -0.15) is 0 Å². The van der Waals surface area contributed by atoms with Gasteiger partial charge in [0.25, 0.3) is 0 Å². The first-order chi connectivity index (χ1) is 14.9. The van der Waals surface area contributed by atoms with Crippen LogP contribution in [0.25, 0.3) is 11.0 Å². The maximum Gasteiger partial charge on any atom is 0.337 e. The fourth-order valence-electron chi connectivity index (χ4n) is 3.40. The third kappa shape index (κ3) is 4.50. The summed E-state index contributed by atoms with van der Waals surface area (Å²) >= 11 is 0. The summed E-state index contributed by atoms with van der Waals surface area (Å²) in [4.78, 5) is 49.0. The van der Waals surface area contributed by atoms with Gasteiger partial charge in [0.1, 0.15) is 0 Å². The molecule has 1 heterocycles. The highest BCUT2D eigenvalue weighted by Gasteiger charge is 2.16. The predicted molar refractivity (Wildman–Crippen MR) is 114 cm³/mol. The normalized spacial score (nSPS) is 10.7. The summed E-state index contributed by atoms with van der Waals surface area (Å²) in [6.07, 6.45) is 0.0215. The first-order valence-electron chi connectivity index (χ1n) is 9.69. The molecule has 0 radical (unpaired) electrons. The molecule has 0 aliphatic heterocycles. The van der Waals surface area contributed by atoms with Crippen molar-refractivity contribution in [1.82, 2.24) is 9.13 Å². The number of nitrogens with zero attached hydrogens (tertiary/aromatic N) is 2. The van der Waals surface area contributed by atoms with E-state index in [4.69, 9.17) is 9.47 Å². The number of nitrogens with one attached hydrogen (secondary N) is 1. The highest BCUT2D eigenvalue weighted by atomic mass is 16.5. The van der Waals surface area contributed by atoms with Crippen LogP contribution in [0.3, 0.4) is 0 Å². The number of carbonyl (C=O) groups is 3. The average Bonchev–Trinajstić information content (AvgIpc) is 3.06. The summed E-state index contributed by atoms with van der Waals surface area (Å²) in [5.41, 5.74) is 1.83. The number of hydrogen-bond acceptors (Lipinski definition) is 6. The molecule has 1 amide bonds. The van der Waals surface area contributed by atoms with E-state index >= 15 is 0 Å². The summed E-state index contributed by atoms with van der Waals surface area (Å²) in [6.45, 7) is 2.59. The highest BCUT2D eigenvalue weighted by molar-refractivity contribution is 5.99. The van der Waals surface area contributed by atoms with E-state index in [2.05, 4.69) is 5.32 Å². The number of aromatic nitrogens is 2. The SMILES string of the molecule is CCn1c(=O)n(CCC(=O)Nc2cc(C(=O)OC)cc(C(=O)OC)c2)c2ccccc21. The van der Waals surface area contributed by atoms with Gasteiger partial charge in [-0.05, 0) is 37.3 Å². The number of esters is 2. The molecule has 1 N–H and O–H groups in total. The molecular formula is C22H23N3O6. The molecule has 0 saturated heterocycles. The van der Waals surface area contributed by atoms with Crippen molar-refractivity contribution in [3.63, 3.8) is 0 Å². The summed E-state index contributed by atoms with van der Waals surface area (Å²) in [6, 6.07) is 11.5. The molecule has 0 bridgehead atoms.